The molecule has 4 heteroatoms. The van der Waals surface area contributed by atoms with Gasteiger partial charge < -0.3 is 10.0 Å². The van der Waals surface area contributed by atoms with Gasteiger partial charge in [-0.15, -0.1) is 0 Å². The van der Waals surface area contributed by atoms with E-state index in [1.165, 1.54) is 0 Å². The monoisotopic (exact) mass is 210 g/mol. The van der Waals surface area contributed by atoms with Crippen molar-refractivity contribution in [3.8, 4) is 0 Å². The summed E-state index contributed by atoms with van der Waals surface area (Å²) in [4.78, 5) is 5.94. The van der Waals surface area contributed by atoms with Gasteiger partial charge in [0.1, 0.15) is 0 Å². The van der Waals surface area contributed by atoms with Gasteiger partial charge in [0.2, 0.25) is 0 Å². The van der Waals surface area contributed by atoms with E-state index in [0.717, 1.165) is 13.0 Å². The first kappa shape index (κ1) is 11.1. The van der Waals surface area contributed by atoms with Gasteiger partial charge in [0.25, 0.3) is 0 Å². The molecule has 1 aliphatic heterocycles. The van der Waals surface area contributed by atoms with Gasteiger partial charge in [0, 0.05) is 6.54 Å². The number of aliphatic imine (C=N–C) groups is 1. The number of aliphatic hydroxyl groups excluding tert-OH is 1. The predicted octanol–water partition coefficient (Wildman–Crippen LogP) is 1.23. The highest BCUT2D eigenvalue weighted by Crippen LogP contribution is 2.08. The first-order chi connectivity index (χ1) is 6.88. The fourth-order valence-corrected chi connectivity index (χ4v) is 1.45. The van der Waals surface area contributed by atoms with Crippen molar-refractivity contribution in [1.29, 1.82) is 0 Å². The molecule has 0 saturated heterocycles. The van der Waals surface area contributed by atoms with Gasteiger partial charge in [-0.25, -0.2) is 4.99 Å². The molecule has 0 aliphatic carbocycles. The zero-order valence-corrected chi connectivity index (χ0v) is 8.78. The number of rotatable bonds is 5. The SMILES string of the molecule is OCC1C=CC=CN1CCCN=C=S. The van der Waals surface area contributed by atoms with E-state index in [2.05, 4.69) is 27.3 Å². The third-order valence-electron chi connectivity index (χ3n) is 2.09. The molecule has 0 radical (unpaired) electrons. The Hall–Kier alpha value is -0.960. The van der Waals surface area contributed by atoms with Gasteiger partial charge in [-0.3, -0.25) is 0 Å². The van der Waals surface area contributed by atoms with Crippen LogP contribution in [0.3, 0.4) is 0 Å². The Balaban J connectivity index is 2.31. The Morgan fingerprint density at radius 2 is 2.36 bits per heavy atom. The minimum Gasteiger partial charge on any atom is -0.394 e. The standard InChI is InChI=1S/C10H14N2OS/c13-8-10-4-1-2-6-12(10)7-3-5-11-9-14/h1-2,4,6,10,13H,3,5,7-8H2. The molecule has 1 aliphatic rings. The normalized spacial score (nSPS) is 19.5. The van der Waals surface area contributed by atoms with Crippen molar-refractivity contribution in [2.75, 3.05) is 19.7 Å². The van der Waals surface area contributed by atoms with E-state index in [1.807, 2.05) is 24.4 Å². The van der Waals surface area contributed by atoms with E-state index in [-0.39, 0.29) is 12.6 Å². The van der Waals surface area contributed by atoms with Crippen LogP contribution >= 0.6 is 12.2 Å². The van der Waals surface area contributed by atoms with Crippen LogP contribution < -0.4 is 0 Å². The second kappa shape index (κ2) is 6.49. The van der Waals surface area contributed by atoms with Gasteiger partial charge in [0.15, 0.2) is 0 Å². The molecule has 0 aromatic rings. The zero-order valence-electron chi connectivity index (χ0n) is 7.97. The third-order valence-corrected chi connectivity index (χ3v) is 2.21. The Morgan fingerprint density at radius 1 is 1.50 bits per heavy atom. The zero-order chi connectivity index (χ0) is 10.2. The molecule has 1 heterocycles. The topological polar surface area (TPSA) is 35.8 Å². The van der Waals surface area contributed by atoms with Crippen LogP contribution in [0.5, 0.6) is 0 Å². The van der Waals surface area contributed by atoms with Crippen LogP contribution in [0.4, 0.5) is 0 Å². The lowest BCUT2D eigenvalue weighted by Crippen LogP contribution is -2.34. The predicted molar refractivity (Wildman–Crippen MR) is 60.4 cm³/mol. The van der Waals surface area contributed by atoms with Crippen molar-refractivity contribution in [1.82, 2.24) is 4.90 Å². The van der Waals surface area contributed by atoms with E-state index in [9.17, 15) is 0 Å². The van der Waals surface area contributed by atoms with Gasteiger partial charge >= 0.3 is 0 Å². The minimum absolute atomic E-state index is 0.108. The van der Waals surface area contributed by atoms with Gasteiger partial charge in [-0.05, 0) is 30.9 Å². The molecule has 0 aromatic carbocycles. The average molecular weight is 210 g/mol. The summed E-state index contributed by atoms with van der Waals surface area (Å²) in [5, 5.41) is 11.4. The Bertz CT molecular complexity index is 269. The number of isothiocyanates is 1. The van der Waals surface area contributed by atoms with Gasteiger partial charge in [-0.1, -0.05) is 12.2 Å². The average Bonchev–Trinajstić information content (AvgIpc) is 2.25. The Labute approximate surface area is 89.4 Å². The van der Waals surface area contributed by atoms with E-state index in [4.69, 9.17) is 5.11 Å². The molecule has 0 bridgehead atoms. The van der Waals surface area contributed by atoms with Crippen LogP contribution in [0, 0.1) is 0 Å². The van der Waals surface area contributed by atoms with Crippen LogP contribution in [0.15, 0.2) is 29.4 Å². The summed E-state index contributed by atoms with van der Waals surface area (Å²) in [6.07, 6.45) is 8.82. The third kappa shape index (κ3) is 3.42. The van der Waals surface area contributed by atoms with Crippen molar-refractivity contribution in [2.24, 2.45) is 4.99 Å². The minimum atomic E-state index is 0.108. The largest absolute Gasteiger partial charge is 0.394 e. The fourth-order valence-electron chi connectivity index (χ4n) is 1.36. The summed E-state index contributed by atoms with van der Waals surface area (Å²) < 4.78 is 0. The van der Waals surface area contributed by atoms with E-state index >= 15 is 0 Å². The molecular weight excluding hydrogens is 196 g/mol. The van der Waals surface area contributed by atoms with Crippen molar-refractivity contribution in [3.63, 3.8) is 0 Å². The lowest BCUT2D eigenvalue weighted by Gasteiger charge is -2.28. The van der Waals surface area contributed by atoms with Crippen molar-refractivity contribution >= 4 is 17.4 Å². The highest BCUT2D eigenvalue weighted by Gasteiger charge is 2.11. The summed E-state index contributed by atoms with van der Waals surface area (Å²) in [5.41, 5.74) is 0. The number of aliphatic hydroxyl groups is 1. The number of nitrogens with zero attached hydrogens (tertiary/aromatic N) is 2. The lowest BCUT2D eigenvalue weighted by atomic mass is 10.2. The molecule has 3 nitrogen and oxygen atoms in total. The first-order valence-corrected chi connectivity index (χ1v) is 5.04. The molecule has 76 valence electrons. The maximum Gasteiger partial charge on any atom is 0.0701 e. The van der Waals surface area contributed by atoms with Crippen molar-refractivity contribution < 1.29 is 5.11 Å². The van der Waals surface area contributed by atoms with Crippen LogP contribution in [0.25, 0.3) is 0 Å². The van der Waals surface area contributed by atoms with E-state index < -0.39 is 0 Å². The van der Waals surface area contributed by atoms with Gasteiger partial charge in [-0.2, -0.15) is 0 Å². The summed E-state index contributed by atoms with van der Waals surface area (Å²) in [7, 11) is 0. The molecule has 1 unspecified atom stereocenters. The summed E-state index contributed by atoms with van der Waals surface area (Å²) in [6.45, 7) is 1.74. The highest BCUT2D eigenvalue weighted by atomic mass is 32.1. The lowest BCUT2D eigenvalue weighted by molar-refractivity contribution is 0.191. The highest BCUT2D eigenvalue weighted by molar-refractivity contribution is 7.78. The summed E-state index contributed by atoms with van der Waals surface area (Å²) in [6, 6.07) is 0.108. The van der Waals surface area contributed by atoms with Gasteiger partial charge in [0.05, 0.1) is 24.4 Å². The van der Waals surface area contributed by atoms with Crippen molar-refractivity contribution in [2.45, 2.75) is 12.5 Å². The molecule has 1 atom stereocenters. The number of allylic oxidation sites excluding steroid dienone is 2. The molecule has 0 amide bonds. The smallest absolute Gasteiger partial charge is 0.0701 e. The molecular formula is C10H14N2OS. The second-order valence-corrected chi connectivity index (χ2v) is 3.22. The number of thiocarbonyl (C=S) groups is 1. The van der Waals surface area contributed by atoms with E-state index in [0.29, 0.717) is 6.54 Å². The maximum absolute atomic E-state index is 9.08. The number of hydrogen-bond donors (Lipinski definition) is 1. The molecule has 0 spiro atoms. The molecule has 0 aromatic heterocycles. The Morgan fingerprint density at radius 3 is 3.07 bits per heavy atom. The molecule has 0 saturated carbocycles. The van der Waals surface area contributed by atoms with Crippen LogP contribution in [0.1, 0.15) is 6.42 Å². The maximum atomic E-state index is 9.08. The molecule has 0 fully saturated rings. The molecule has 1 N–H and O–H groups in total. The Kier molecular flexibility index (Phi) is 5.15. The molecule has 1 rings (SSSR count). The van der Waals surface area contributed by atoms with E-state index in [1.54, 1.807) is 0 Å². The van der Waals surface area contributed by atoms with Crippen molar-refractivity contribution in [3.05, 3.63) is 24.4 Å². The second-order valence-electron chi connectivity index (χ2n) is 3.04. The van der Waals surface area contributed by atoms with Crippen LogP contribution in [0.2, 0.25) is 0 Å². The summed E-state index contributed by atoms with van der Waals surface area (Å²) >= 11 is 4.47. The van der Waals surface area contributed by atoms with Crippen LogP contribution in [-0.4, -0.2) is 40.9 Å². The fraction of sp³-hybridized carbons (Fsp3) is 0.500. The molecule has 14 heavy (non-hydrogen) atoms. The summed E-state index contributed by atoms with van der Waals surface area (Å²) in [5.74, 6) is 0. The quantitative estimate of drug-likeness (QED) is 0.421. The number of hydrogen-bond acceptors (Lipinski definition) is 4. The van der Waals surface area contributed by atoms with Crippen LogP contribution in [-0.2, 0) is 0 Å². The first-order valence-electron chi connectivity index (χ1n) is 4.63.